The van der Waals surface area contributed by atoms with E-state index in [1.165, 1.54) is 6.20 Å². The molecule has 0 saturated carbocycles. The first kappa shape index (κ1) is 10.8. The maximum atomic E-state index is 10.0. The smallest absolute Gasteiger partial charge is 0.143 e. The lowest BCUT2D eigenvalue weighted by atomic mass is 10.0. The van der Waals surface area contributed by atoms with E-state index in [1.807, 2.05) is 18.3 Å². The Morgan fingerprint density at radius 3 is 3.11 bits per heavy atom. The summed E-state index contributed by atoms with van der Waals surface area (Å²) in [5, 5.41) is 23.0. The molecule has 18 heavy (non-hydrogen) atoms. The van der Waals surface area contributed by atoms with Crippen LogP contribution in [0.5, 0.6) is 5.75 Å². The van der Waals surface area contributed by atoms with Crippen molar-refractivity contribution in [3.05, 3.63) is 35.7 Å². The summed E-state index contributed by atoms with van der Waals surface area (Å²) in [5.41, 5.74) is 2.87. The normalized spacial score (nSPS) is 15.4. The Labute approximate surface area is 104 Å². The molecule has 2 aromatic heterocycles. The largest absolute Gasteiger partial charge is 0.506 e. The van der Waals surface area contributed by atoms with Gasteiger partial charge in [-0.05, 0) is 23.6 Å². The number of aromatic hydroxyl groups is 1. The Bertz CT molecular complexity index is 679. The molecule has 0 radical (unpaired) electrons. The minimum atomic E-state index is 0.0777. The van der Waals surface area contributed by atoms with Gasteiger partial charge in [0.15, 0.2) is 0 Å². The summed E-state index contributed by atoms with van der Waals surface area (Å²) in [6, 6.07) is 3.69. The number of fused-ring (bicyclic) bond motifs is 1. The predicted octanol–water partition coefficient (Wildman–Crippen LogP) is 1.72. The highest BCUT2D eigenvalue weighted by atomic mass is 16.5. The van der Waals surface area contributed by atoms with E-state index in [2.05, 4.69) is 5.10 Å². The van der Waals surface area contributed by atoms with E-state index in [0.29, 0.717) is 24.3 Å². The molecule has 1 N–H and O–H groups in total. The van der Waals surface area contributed by atoms with Gasteiger partial charge in [-0.25, -0.2) is 4.52 Å². The van der Waals surface area contributed by atoms with Crippen LogP contribution in [0.2, 0.25) is 0 Å². The summed E-state index contributed by atoms with van der Waals surface area (Å²) in [5.74, 6) is 0.0777. The maximum Gasteiger partial charge on any atom is 0.143 e. The SMILES string of the molecule is N#Cc1cnn2cc(C3=CCOCC3)cc(O)c12. The van der Waals surface area contributed by atoms with Gasteiger partial charge in [0.2, 0.25) is 0 Å². The van der Waals surface area contributed by atoms with Gasteiger partial charge >= 0.3 is 0 Å². The number of nitriles is 1. The minimum absolute atomic E-state index is 0.0777. The van der Waals surface area contributed by atoms with Crippen LogP contribution in [0.1, 0.15) is 17.5 Å². The molecule has 0 saturated heterocycles. The van der Waals surface area contributed by atoms with Crippen LogP contribution in [0, 0.1) is 11.3 Å². The number of hydrogen-bond donors (Lipinski definition) is 1. The Morgan fingerprint density at radius 1 is 1.50 bits per heavy atom. The summed E-state index contributed by atoms with van der Waals surface area (Å²) in [6.07, 6.45) is 6.10. The number of hydrogen-bond acceptors (Lipinski definition) is 4. The highest BCUT2D eigenvalue weighted by molar-refractivity contribution is 5.74. The van der Waals surface area contributed by atoms with Gasteiger partial charge < -0.3 is 9.84 Å². The average Bonchev–Trinajstić information content (AvgIpc) is 2.83. The van der Waals surface area contributed by atoms with Crippen LogP contribution in [-0.2, 0) is 4.74 Å². The number of pyridine rings is 1. The van der Waals surface area contributed by atoms with Crippen molar-refractivity contribution in [3.8, 4) is 11.8 Å². The van der Waals surface area contributed by atoms with E-state index in [1.54, 1.807) is 10.6 Å². The fourth-order valence-corrected chi connectivity index (χ4v) is 2.15. The number of nitrogens with zero attached hydrogens (tertiary/aromatic N) is 3. The zero-order chi connectivity index (χ0) is 12.5. The van der Waals surface area contributed by atoms with Crippen molar-refractivity contribution in [2.75, 3.05) is 13.2 Å². The first-order valence-corrected chi connectivity index (χ1v) is 5.67. The van der Waals surface area contributed by atoms with Crippen LogP contribution in [0.3, 0.4) is 0 Å². The van der Waals surface area contributed by atoms with Crippen molar-refractivity contribution in [2.24, 2.45) is 0 Å². The summed E-state index contributed by atoms with van der Waals surface area (Å²) >= 11 is 0. The van der Waals surface area contributed by atoms with Gasteiger partial charge in [0.05, 0.1) is 19.4 Å². The third-order valence-electron chi connectivity index (χ3n) is 3.05. The number of ether oxygens (including phenoxy) is 1. The molecule has 0 unspecified atom stereocenters. The lowest BCUT2D eigenvalue weighted by Crippen LogP contribution is -2.04. The van der Waals surface area contributed by atoms with Gasteiger partial charge in [0, 0.05) is 6.20 Å². The van der Waals surface area contributed by atoms with Gasteiger partial charge in [-0.1, -0.05) is 6.08 Å². The average molecular weight is 241 g/mol. The summed E-state index contributed by atoms with van der Waals surface area (Å²) in [6.45, 7) is 1.28. The van der Waals surface area contributed by atoms with Crippen molar-refractivity contribution in [3.63, 3.8) is 0 Å². The monoisotopic (exact) mass is 241 g/mol. The molecule has 3 rings (SSSR count). The van der Waals surface area contributed by atoms with Gasteiger partial charge in [-0.3, -0.25) is 0 Å². The highest BCUT2D eigenvalue weighted by Crippen LogP contribution is 2.28. The number of aromatic nitrogens is 2. The van der Waals surface area contributed by atoms with Crippen molar-refractivity contribution >= 4 is 11.1 Å². The van der Waals surface area contributed by atoms with Gasteiger partial charge in [0.1, 0.15) is 22.9 Å². The van der Waals surface area contributed by atoms with Crippen molar-refractivity contribution in [1.82, 2.24) is 9.61 Å². The Balaban J connectivity index is 2.16. The lowest BCUT2D eigenvalue weighted by Gasteiger charge is -2.14. The Hall–Kier alpha value is -2.32. The first-order chi connectivity index (χ1) is 8.79. The molecule has 90 valence electrons. The second-order valence-electron chi connectivity index (χ2n) is 4.13. The van der Waals surface area contributed by atoms with Crippen LogP contribution in [0.25, 0.3) is 11.1 Å². The van der Waals surface area contributed by atoms with E-state index in [4.69, 9.17) is 10.00 Å². The topological polar surface area (TPSA) is 70.6 Å². The van der Waals surface area contributed by atoms with Gasteiger partial charge in [-0.15, -0.1) is 0 Å². The van der Waals surface area contributed by atoms with E-state index in [9.17, 15) is 5.11 Å². The molecule has 0 aliphatic carbocycles. The predicted molar refractivity (Wildman–Crippen MR) is 65.0 cm³/mol. The third-order valence-corrected chi connectivity index (χ3v) is 3.05. The van der Waals surface area contributed by atoms with Crippen LogP contribution in [0.4, 0.5) is 0 Å². The minimum Gasteiger partial charge on any atom is -0.506 e. The summed E-state index contributed by atoms with van der Waals surface area (Å²) in [7, 11) is 0. The van der Waals surface area contributed by atoms with Crippen molar-refractivity contribution < 1.29 is 9.84 Å². The molecule has 0 amide bonds. The van der Waals surface area contributed by atoms with Crippen LogP contribution < -0.4 is 0 Å². The van der Waals surface area contributed by atoms with Gasteiger partial charge in [0.25, 0.3) is 0 Å². The van der Waals surface area contributed by atoms with E-state index in [-0.39, 0.29) is 5.75 Å². The highest BCUT2D eigenvalue weighted by Gasteiger charge is 2.13. The van der Waals surface area contributed by atoms with Crippen molar-refractivity contribution in [1.29, 1.82) is 5.26 Å². The number of rotatable bonds is 1. The third kappa shape index (κ3) is 1.63. The molecule has 0 spiro atoms. The molecule has 0 aromatic carbocycles. The fraction of sp³-hybridized carbons (Fsp3) is 0.231. The molecular formula is C13H11N3O2. The zero-order valence-corrected chi connectivity index (χ0v) is 9.63. The molecule has 0 bridgehead atoms. The Morgan fingerprint density at radius 2 is 2.39 bits per heavy atom. The van der Waals surface area contributed by atoms with Crippen LogP contribution in [-0.4, -0.2) is 27.9 Å². The molecule has 0 atom stereocenters. The van der Waals surface area contributed by atoms with E-state index < -0.39 is 0 Å². The van der Waals surface area contributed by atoms with E-state index >= 15 is 0 Å². The quantitative estimate of drug-likeness (QED) is 0.825. The standard InChI is InChI=1S/C13H11N3O2/c14-6-11-7-15-16-8-10(5-12(17)13(11)16)9-1-3-18-4-2-9/h1,5,7-8,17H,2-4H2. The zero-order valence-electron chi connectivity index (χ0n) is 9.63. The summed E-state index contributed by atoms with van der Waals surface area (Å²) < 4.78 is 6.80. The second kappa shape index (κ2) is 4.17. The molecule has 5 nitrogen and oxygen atoms in total. The molecule has 1 aliphatic rings. The van der Waals surface area contributed by atoms with E-state index in [0.717, 1.165) is 17.6 Å². The lowest BCUT2D eigenvalue weighted by molar-refractivity contribution is 0.161. The van der Waals surface area contributed by atoms with Crippen LogP contribution in [0.15, 0.2) is 24.5 Å². The molecule has 2 aromatic rings. The molecule has 3 heterocycles. The molecular weight excluding hydrogens is 230 g/mol. The van der Waals surface area contributed by atoms with Gasteiger partial charge in [-0.2, -0.15) is 10.4 Å². The summed E-state index contributed by atoms with van der Waals surface area (Å²) in [4.78, 5) is 0. The fourth-order valence-electron chi connectivity index (χ4n) is 2.15. The molecule has 5 heteroatoms. The van der Waals surface area contributed by atoms with Crippen LogP contribution >= 0.6 is 0 Å². The molecule has 1 aliphatic heterocycles. The Kier molecular flexibility index (Phi) is 2.50. The van der Waals surface area contributed by atoms with Crippen molar-refractivity contribution in [2.45, 2.75) is 6.42 Å². The maximum absolute atomic E-state index is 10.0. The second-order valence-corrected chi connectivity index (χ2v) is 4.13. The molecule has 0 fully saturated rings. The first-order valence-electron chi connectivity index (χ1n) is 5.67.